The van der Waals surface area contributed by atoms with Crippen molar-refractivity contribution in [3.8, 4) is 0 Å². The summed E-state index contributed by atoms with van der Waals surface area (Å²) >= 11 is 1.34. The molecule has 0 unspecified atom stereocenters. The molecule has 0 fully saturated rings. The van der Waals surface area contributed by atoms with Gasteiger partial charge in [-0.25, -0.2) is 4.98 Å². The number of nitrogens with zero attached hydrogens (tertiary/aromatic N) is 2. The highest BCUT2D eigenvalue weighted by Gasteiger charge is 2.19. The molecule has 0 aliphatic rings. The molecule has 114 valence electrons. The Morgan fingerprint density at radius 3 is 2.75 bits per heavy atom. The van der Waals surface area contributed by atoms with Crippen LogP contribution in [0.25, 0.3) is 0 Å². The summed E-state index contributed by atoms with van der Waals surface area (Å²) in [5.41, 5.74) is 5.85. The van der Waals surface area contributed by atoms with Crippen LogP contribution in [-0.2, 0) is 0 Å². The van der Waals surface area contributed by atoms with E-state index >= 15 is 0 Å². The van der Waals surface area contributed by atoms with E-state index in [-0.39, 0.29) is 5.91 Å². The number of nitrogen functional groups attached to an aromatic ring is 1. The van der Waals surface area contributed by atoms with Gasteiger partial charge < -0.3 is 16.0 Å². The smallest absolute Gasteiger partial charge is 0.267 e. The Morgan fingerprint density at radius 2 is 2.15 bits per heavy atom. The lowest BCUT2D eigenvalue weighted by Crippen LogP contribution is -2.27. The summed E-state index contributed by atoms with van der Waals surface area (Å²) in [5.74, 6) is 0.818. The fraction of sp³-hybridized carbons (Fsp3) is 0.714. The van der Waals surface area contributed by atoms with Crippen molar-refractivity contribution in [1.82, 2.24) is 9.88 Å². The number of rotatable bonds is 8. The second kappa shape index (κ2) is 8.09. The molecule has 0 saturated carbocycles. The van der Waals surface area contributed by atoms with Crippen LogP contribution >= 0.6 is 11.3 Å². The molecule has 0 aromatic carbocycles. The first-order valence-corrected chi connectivity index (χ1v) is 8.03. The van der Waals surface area contributed by atoms with Gasteiger partial charge in [-0.05, 0) is 12.3 Å². The number of aromatic nitrogens is 1. The lowest BCUT2D eigenvalue weighted by Gasteiger charge is -2.15. The average molecular weight is 298 g/mol. The number of anilines is 2. The molecule has 1 heterocycles. The van der Waals surface area contributed by atoms with Gasteiger partial charge in [0.15, 0.2) is 5.13 Å². The van der Waals surface area contributed by atoms with Gasteiger partial charge in [-0.1, -0.05) is 44.9 Å². The van der Waals surface area contributed by atoms with Gasteiger partial charge in [-0.3, -0.25) is 4.79 Å². The molecular formula is C14H26N4OS. The van der Waals surface area contributed by atoms with Crippen molar-refractivity contribution in [1.29, 1.82) is 0 Å². The fourth-order valence-corrected chi connectivity index (χ4v) is 2.61. The molecule has 1 rings (SSSR count). The third-order valence-corrected chi connectivity index (χ3v) is 3.97. The summed E-state index contributed by atoms with van der Waals surface area (Å²) in [4.78, 5) is 18.8. The zero-order valence-corrected chi connectivity index (χ0v) is 13.7. The minimum absolute atomic E-state index is 0.0336. The van der Waals surface area contributed by atoms with Gasteiger partial charge in [0, 0.05) is 20.1 Å². The number of thiazole rings is 1. The quantitative estimate of drug-likeness (QED) is 0.724. The van der Waals surface area contributed by atoms with Crippen LogP contribution in [0.5, 0.6) is 0 Å². The minimum atomic E-state index is -0.0336. The van der Waals surface area contributed by atoms with E-state index in [2.05, 4.69) is 31.1 Å². The van der Waals surface area contributed by atoms with Crippen LogP contribution in [0.1, 0.15) is 49.7 Å². The standard InChI is InChI=1S/C14H26N4OS/c1-5-6-7-8-18(4)13(19)11-12(15)17-14(20-11)16-9-10(2)3/h10H,5-9,15H2,1-4H3,(H,16,17). The lowest BCUT2D eigenvalue weighted by atomic mass is 10.2. The Morgan fingerprint density at radius 1 is 1.45 bits per heavy atom. The van der Waals surface area contributed by atoms with Gasteiger partial charge in [0.25, 0.3) is 5.91 Å². The highest BCUT2D eigenvalue weighted by Crippen LogP contribution is 2.26. The van der Waals surface area contributed by atoms with Gasteiger partial charge in [-0.15, -0.1) is 0 Å². The zero-order chi connectivity index (χ0) is 15.1. The first-order chi connectivity index (χ1) is 9.45. The van der Waals surface area contributed by atoms with Crippen LogP contribution in [0, 0.1) is 5.92 Å². The third kappa shape index (κ3) is 5.00. The SMILES string of the molecule is CCCCCN(C)C(=O)c1sc(NCC(C)C)nc1N. The van der Waals surface area contributed by atoms with Gasteiger partial charge in [0.05, 0.1) is 0 Å². The van der Waals surface area contributed by atoms with Crippen LogP contribution in [-0.4, -0.2) is 35.9 Å². The number of amides is 1. The number of nitrogens with two attached hydrogens (primary N) is 1. The maximum Gasteiger partial charge on any atom is 0.267 e. The van der Waals surface area contributed by atoms with Crippen LogP contribution in [0.3, 0.4) is 0 Å². The molecule has 1 aromatic heterocycles. The Hall–Kier alpha value is -1.30. The molecule has 1 amide bonds. The number of hydrogen-bond donors (Lipinski definition) is 2. The highest BCUT2D eigenvalue weighted by atomic mass is 32.1. The molecule has 0 saturated heterocycles. The molecule has 1 aromatic rings. The van der Waals surface area contributed by atoms with Crippen LogP contribution < -0.4 is 11.1 Å². The maximum atomic E-state index is 12.3. The average Bonchev–Trinajstić information content (AvgIpc) is 2.77. The lowest BCUT2D eigenvalue weighted by molar-refractivity contribution is 0.0798. The van der Waals surface area contributed by atoms with E-state index in [1.54, 1.807) is 4.90 Å². The van der Waals surface area contributed by atoms with Crippen LogP contribution in [0.15, 0.2) is 0 Å². The summed E-state index contributed by atoms with van der Waals surface area (Å²) in [6.07, 6.45) is 3.31. The van der Waals surface area contributed by atoms with E-state index < -0.39 is 0 Å². The predicted octanol–water partition coefficient (Wildman–Crippen LogP) is 3.06. The van der Waals surface area contributed by atoms with Crippen molar-refractivity contribution < 1.29 is 4.79 Å². The van der Waals surface area contributed by atoms with Crippen molar-refractivity contribution in [2.75, 3.05) is 31.2 Å². The van der Waals surface area contributed by atoms with Gasteiger partial charge in [0.1, 0.15) is 10.7 Å². The van der Waals surface area contributed by atoms with Crippen molar-refractivity contribution in [2.24, 2.45) is 5.92 Å². The fourth-order valence-electron chi connectivity index (χ4n) is 1.73. The van der Waals surface area contributed by atoms with E-state index in [9.17, 15) is 4.79 Å². The van der Waals surface area contributed by atoms with E-state index in [1.807, 2.05) is 7.05 Å². The molecule has 0 bridgehead atoms. The molecule has 0 spiro atoms. The molecular weight excluding hydrogens is 272 g/mol. The van der Waals surface area contributed by atoms with Gasteiger partial charge in [0.2, 0.25) is 0 Å². The summed E-state index contributed by atoms with van der Waals surface area (Å²) in [7, 11) is 1.82. The largest absolute Gasteiger partial charge is 0.382 e. The molecule has 0 aliphatic heterocycles. The van der Waals surface area contributed by atoms with Crippen molar-refractivity contribution in [2.45, 2.75) is 40.0 Å². The number of nitrogens with one attached hydrogen (secondary N) is 1. The summed E-state index contributed by atoms with van der Waals surface area (Å²) in [6, 6.07) is 0. The van der Waals surface area contributed by atoms with E-state index in [1.165, 1.54) is 11.3 Å². The predicted molar refractivity (Wildman–Crippen MR) is 86.3 cm³/mol. The monoisotopic (exact) mass is 298 g/mol. The molecule has 0 radical (unpaired) electrons. The first-order valence-electron chi connectivity index (χ1n) is 7.21. The number of hydrogen-bond acceptors (Lipinski definition) is 5. The Bertz CT molecular complexity index is 431. The Balaban J connectivity index is 2.63. The summed E-state index contributed by atoms with van der Waals surface area (Å²) in [6.45, 7) is 7.98. The topological polar surface area (TPSA) is 71.2 Å². The van der Waals surface area contributed by atoms with Crippen molar-refractivity contribution >= 4 is 28.2 Å². The second-order valence-corrected chi connectivity index (χ2v) is 6.44. The summed E-state index contributed by atoms with van der Waals surface area (Å²) in [5, 5.41) is 3.93. The Kier molecular flexibility index (Phi) is 6.78. The van der Waals surface area contributed by atoms with Gasteiger partial charge >= 0.3 is 0 Å². The summed E-state index contributed by atoms with van der Waals surface area (Å²) < 4.78 is 0. The number of unbranched alkanes of at least 4 members (excludes halogenated alkanes) is 2. The van der Waals surface area contributed by atoms with E-state index in [0.717, 1.165) is 37.5 Å². The molecule has 0 aliphatic carbocycles. The number of carbonyl (C=O) groups excluding carboxylic acids is 1. The minimum Gasteiger partial charge on any atom is -0.382 e. The van der Waals surface area contributed by atoms with Crippen LogP contribution in [0.2, 0.25) is 0 Å². The molecule has 0 atom stereocenters. The third-order valence-electron chi connectivity index (χ3n) is 2.95. The normalized spacial score (nSPS) is 10.8. The molecule has 5 nitrogen and oxygen atoms in total. The Labute approximate surface area is 125 Å². The second-order valence-electron chi connectivity index (χ2n) is 5.44. The van der Waals surface area contributed by atoms with Gasteiger partial charge in [-0.2, -0.15) is 0 Å². The van der Waals surface area contributed by atoms with Crippen molar-refractivity contribution in [3.05, 3.63) is 4.88 Å². The molecule has 20 heavy (non-hydrogen) atoms. The molecule has 3 N–H and O–H groups in total. The zero-order valence-electron chi connectivity index (χ0n) is 12.9. The van der Waals surface area contributed by atoms with Crippen LogP contribution in [0.4, 0.5) is 10.9 Å². The van der Waals surface area contributed by atoms with E-state index in [0.29, 0.717) is 16.6 Å². The van der Waals surface area contributed by atoms with Crippen molar-refractivity contribution in [3.63, 3.8) is 0 Å². The maximum absolute atomic E-state index is 12.3. The van der Waals surface area contributed by atoms with E-state index in [4.69, 9.17) is 5.73 Å². The number of carbonyl (C=O) groups is 1. The first kappa shape index (κ1) is 16.8. The highest BCUT2D eigenvalue weighted by molar-refractivity contribution is 7.18. The molecule has 6 heteroatoms.